The first-order valence-corrected chi connectivity index (χ1v) is 5.77. The summed E-state index contributed by atoms with van der Waals surface area (Å²) in [6.45, 7) is 1.96. The van der Waals surface area contributed by atoms with Gasteiger partial charge in [0.25, 0.3) is 0 Å². The van der Waals surface area contributed by atoms with Gasteiger partial charge in [0, 0.05) is 0 Å². The number of carbonyl (C=O) groups is 2. The predicted molar refractivity (Wildman–Crippen MR) is 57.2 cm³/mol. The zero-order valence-electron chi connectivity index (χ0n) is 9.45. The highest BCUT2D eigenvalue weighted by Crippen LogP contribution is 2.13. The van der Waals surface area contributed by atoms with Gasteiger partial charge in [0.05, 0.1) is 19.5 Å². The Labute approximate surface area is 102 Å². The third kappa shape index (κ3) is 4.39. The van der Waals surface area contributed by atoms with Crippen LogP contribution in [0.15, 0.2) is 5.16 Å². The summed E-state index contributed by atoms with van der Waals surface area (Å²) in [7, 11) is 1.28. The van der Waals surface area contributed by atoms with E-state index < -0.39 is 5.97 Å². The van der Waals surface area contributed by atoms with E-state index in [0.29, 0.717) is 11.8 Å². The van der Waals surface area contributed by atoms with Crippen LogP contribution in [0.2, 0.25) is 0 Å². The summed E-state index contributed by atoms with van der Waals surface area (Å²) in [6.07, 6.45) is 0. The van der Waals surface area contributed by atoms with Gasteiger partial charge in [-0.1, -0.05) is 11.8 Å². The zero-order chi connectivity index (χ0) is 12.7. The molecule has 17 heavy (non-hydrogen) atoms. The number of hydrogen-bond donors (Lipinski definition) is 0. The van der Waals surface area contributed by atoms with Gasteiger partial charge in [-0.2, -0.15) is 0 Å². The average molecular weight is 260 g/mol. The van der Waals surface area contributed by atoms with Crippen molar-refractivity contribution in [2.24, 2.45) is 0 Å². The highest BCUT2D eigenvalue weighted by Gasteiger charge is 2.13. The van der Waals surface area contributed by atoms with Gasteiger partial charge in [0.2, 0.25) is 5.16 Å². The third-order valence-electron chi connectivity index (χ3n) is 1.63. The Morgan fingerprint density at radius 2 is 2.18 bits per heavy atom. The quantitative estimate of drug-likeness (QED) is 0.499. The molecule has 1 aromatic rings. The van der Waals surface area contributed by atoms with Crippen molar-refractivity contribution >= 4 is 23.7 Å². The molecule has 0 aliphatic rings. The van der Waals surface area contributed by atoms with Crippen LogP contribution >= 0.6 is 11.8 Å². The van der Waals surface area contributed by atoms with Crippen LogP contribution in [0, 0.1) is 0 Å². The van der Waals surface area contributed by atoms with E-state index in [1.165, 1.54) is 11.8 Å². The number of methoxy groups -OCH3 is 1. The molecule has 0 aliphatic heterocycles. The van der Waals surface area contributed by atoms with Gasteiger partial charge in [0.15, 0.2) is 0 Å². The van der Waals surface area contributed by atoms with Gasteiger partial charge in [-0.3, -0.25) is 9.59 Å². The molecule has 94 valence electrons. The van der Waals surface area contributed by atoms with Gasteiger partial charge in [-0.15, -0.1) is 5.10 Å². The second-order valence-corrected chi connectivity index (χ2v) is 3.73. The van der Waals surface area contributed by atoms with E-state index in [0.717, 1.165) is 11.8 Å². The number of esters is 2. The predicted octanol–water partition coefficient (Wildman–Crippen LogP) is -0.499. The van der Waals surface area contributed by atoms with Crippen molar-refractivity contribution in [3.8, 4) is 0 Å². The van der Waals surface area contributed by atoms with Crippen molar-refractivity contribution in [1.29, 1.82) is 0 Å². The Balaban J connectivity index is 2.51. The molecule has 0 amide bonds. The summed E-state index contributed by atoms with van der Waals surface area (Å²) in [5.74, 6) is -0.726. The third-order valence-corrected chi connectivity index (χ3v) is 2.56. The van der Waals surface area contributed by atoms with Crippen LogP contribution in [-0.4, -0.2) is 51.6 Å². The summed E-state index contributed by atoms with van der Waals surface area (Å²) in [5, 5.41) is 11.1. The molecule has 0 radical (unpaired) electrons. The maximum atomic E-state index is 11.1. The summed E-state index contributed by atoms with van der Waals surface area (Å²) in [5.41, 5.74) is 0. The van der Waals surface area contributed by atoms with E-state index in [1.54, 1.807) is 6.92 Å². The highest BCUT2D eigenvalue weighted by molar-refractivity contribution is 7.99. The van der Waals surface area contributed by atoms with E-state index in [-0.39, 0.29) is 18.3 Å². The van der Waals surface area contributed by atoms with Crippen LogP contribution in [0.3, 0.4) is 0 Å². The summed E-state index contributed by atoms with van der Waals surface area (Å²) in [4.78, 5) is 22.1. The van der Waals surface area contributed by atoms with Crippen molar-refractivity contribution < 1.29 is 19.1 Å². The summed E-state index contributed by atoms with van der Waals surface area (Å²) in [6, 6.07) is 0. The Hall–Kier alpha value is -1.64. The first-order valence-electron chi connectivity index (χ1n) is 4.78. The van der Waals surface area contributed by atoms with Crippen LogP contribution in [0.4, 0.5) is 0 Å². The van der Waals surface area contributed by atoms with Crippen molar-refractivity contribution in [2.75, 3.05) is 19.5 Å². The van der Waals surface area contributed by atoms with E-state index in [9.17, 15) is 9.59 Å². The SMILES string of the molecule is CCOC(=O)CSc1nnnn1CC(=O)OC. The molecule has 0 N–H and O–H groups in total. The van der Waals surface area contributed by atoms with E-state index in [1.807, 2.05) is 0 Å². The Kier molecular flexibility index (Phi) is 5.40. The Morgan fingerprint density at radius 3 is 2.82 bits per heavy atom. The number of ether oxygens (including phenoxy) is 2. The fraction of sp³-hybridized carbons (Fsp3) is 0.625. The monoisotopic (exact) mass is 260 g/mol. The number of nitrogens with zero attached hydrogens (tertiary/aromatic N) is 4. The van der Waals surface area contributed by atoms with Gasteiger partial charge in [-0.25, -0.2) is 4.68 Å². The van der Waals surface area contributed by atoms with Crippen molar-refractivity contribution in [1.82, 2.24) is 20.2 Å². The molecule has 0 aliphatic carbocycles. The molecule has 0 saturated heterocycles. The first-order chi connectivity index (χ1) is 8.17. The van der Waals surface area contributed by atoms with Crippen molar-refractivity contribution in [3.05, 3.63) is 0 Å². The lowest BCUT2D eigenvalue weighted by Gasteiger charge is -2.02. The van der Waals surface area contributed by atoms with E-state index in [4.69, 9.17) is 4.74 Å². The lowest BCUT2D eigenvalue weighted by atomic mass is 10.7. The fourth-order valence-electron chi connectivity index (χ4n) is 0.912. The molecule has 0 atom stereocenters. The second-order valence-electron chi connectivity index (χ2n) is 2.79. The maximum Gasteiger partial charge on any atom is 0.327 e. The fourth-order valence-corrected chi connectivity index (χ4v) is 1.59. The normalized spacial score (nSPS) is 10.0. The van der Waals surface area contributed by atoms with Crippen LogP contribution < -0.4 is 0 Å². The highest BCUT2D eigenvalue weighted by atomic mass is 32.2. The summed E-state index contributed by atoms with van der Waals surface area (Å²) < 4.78 is 10.5. The molecule has 9 heteroatoms. The zero-order valence-corrected chi connectivity index (χ0v) is 10.3. The van der Waals surface area contributed by atoms with Crippen molar-refractivity contribution in [2.45, 2.75) is 18.6 Å². The molecular weight excluding hydrogens is 248 g/mol. The lowest BCUT2D eigenvalue weighted by Crippen LogP contribution is -2.14. The van der Waals surface area contributed by atoms with Crippen LogP contribution in [0.5, 0.6) is 0 Å². The smallest absolute Gasteiger partial charge is 0.327 e. The standard InChI is InChI=1S/C8H12N4O4S/c1-3-16-7(14)5-17-8-9-10-11-12(8)4-6(13)15-2/h3-5H2,1-2H3. The second kappa shape index (κ2) is 6.84. The van der Waals surface area contributed by atoms with E-state index in [2.05, 4.69) is 20.3 Å². The number of tetrazole rings is 1. The molecule has 0 saturated carbocycles. The summed E-state index contributed by atoms with van der Waals surface area (Å²) >= 11 is 1.10. The van der Waals surface area contributed by atoms with Crippen LogP contribution in [-0.2, 0) is 25.6 Å². The number of carbonyl (C=O) groups excluding carboxylic acids is 2. The Morgan fingerprint density at radius 1 is 1.41 bits per heavy atom. The minimum atomic E-state index is -0.463. The Bertz CT molecular complexity index is 395. The number of hydrogen-bond acceptors (Lipinski definition) is 8. The topological polar surface area (TPSA) is 96.2 Å². The van der Waals surface area contributed by atoms with Gasteiger partial charge < -0.3 is 9.47 Å². The average Bonchev–Trinajstić information content (AvgIpc) is 2.74. The molecule has 0 aromatic carbocycles. The van der Waals surface area contributed by atoms with Crippen molar-refractivity contribution in [3.63, 3.8) is 0 Å². The molecule has 0 fully saturated rings. The van der Waals surface area contributed by atoms with Crippen LogP contribution in [0.25, 0.3) is 0 Å². The minimum absolute atomic E-state index is 0.0886. The number of rotatable bonds is 6. The molecule has 1 aromatic heterocycles. The molecule has 1 heterocycles. The van der Waals surface area contributed by atoms with Gasteiger partial charge >= 0.3 is 11.9 Å². The van der Waals surface area contributed by atoms with Gasteiger partial charge in [-0.05, 0) is 17.4 Å². The van der Waals surface area contributed by atoms with E-state index >= 15 is 0 Å². The largest absolute Gasteiger partial charge is 0.468 e. The molecule has 1 rings (SSSR count). The lowest BCUT2D eigenvalue weighted by molar-refractivity contribution is -0.142. The van der Waals surface area contributed by atoms with Gasteiger partial charge in [0.1, 0.15) is 6.54 Å². The molecule has 0 spiro atoms. The molecule has 0 bridgehead atoms. The molecule has 0 unspecified atom stereocenters. The number of thioether (sulfide) groups is 1. The minimum Gasteiger partial charge on any atom is -0.468 e. The molecule has 8 nitrogen and oxygen atoms in total. The van der Waals surface area contributed by atoms with Crippen LogP contribution in [0.1, 0.15) is 6.92 Å². The maximum absolute atomic E-state index is 11.1. The number of aromatic nitrogens is 4. The first kappa shape index (κ1) is 13.4. The molecular formula is C8H12N4O4S.